The maximum Gasteiger partial charge on any atom is 0.224 e. The van der Waals surface area contributed by atoms with Gasteiger partial charge in [-0.05, 0) is 29.5 Å². The summed E-state index contributed by atoms with van der Waals surface area (Å²) >= 11 is 9.18. The first-order valence-electron chi connectivity index (χ1n) is 5.27. The highest BCUT2D eigenvalue weighted by Crippen LogP contribution is 2.30. The van der Waals surface area contributed by atoms with Crippen molar-refractivity contribution < 1.29 is 0 Å². The molecule has 0 bridgehead atoms. The van der Waals surface area contributed by atoms with Gasteiger partial charge in [-0.25, -0.2) is 9.97 Å². The summed E-state index contributed by atoms with van der Waals surface area (Å²) in [6, 6.07) is 0. The Morgan fingerprint density at radius 1 is 1.33 bits per heavy atom. The summed E-state index contributed by atoms with van der Waals surface area (Å²) in [6.45, 7) is 2.67. The number of halogens is 1. The molecule has 0 fully saturated rings. The lowest BCUT2D eigenvalue weighted by molar-refractivity contribution is 1.08. The molecule has 0 amide bonds. The van der Waals surface area contributed by atoms with Crippen molar-refractivity contribution in [1.29, 1.82) is 0 Å². The number of nitrogens with one attached hydrogen (secondary N) is 1. The van der Waals surface area contributed by atoms with Crippen molar-refractivity contribution in [3.05, 3.63) is 32.8 Å². The average Bonchev–Trinajstić information content (AvgIpc) is 2.97. The Kier molecular flexibility index (Phi) is 3.15. The molecule has 0 spiro atoms. The van der Waals surface area contributed by atoms with Crippen molar-refractivity contribution in [3.8, 4) is 0 Å². The summed E-state index contributed by atoms with van der Waals surface area (Å²) in [4.78, 5) is 12.7. The molecule has 0 aliphatic rings. The second-order valence-electron chi connectivity index (χ2n) is 3.72. The first-order chi connectivity index (χ1) is 8.74. The molecule has 0 saturated heterocycles. The van der Waals surface area contributed by atoms with Crippen LogP contribution in [0.15, 0.2) is 17.0 Å². The molecule has 3 heterocycles. The first-order valence-corrected chi connectivity index (χ1v) is 7.41. The lowest BCUT2D eigenvalue weighted by atomic mass is 10.3. The fraction of sp³-hybridized carbons (Fsp3) is 0.182. The largest absolute Gasteiger partial charge is 0.362 e. The Bertz CT molecular complexity index is 678. The molecule has 1 N–H and O–H groups in total. The summed E-state index contributed by atoms with van der Waals surface area (Å²) in [6.07, 6.45) is 1.79. The Morgan fingerprint density at radius 2 is 2.22 bits per heavy atom. The molecular weight excluding hydrogens is 288 g/mol. The minimum absolute atomic E-state index is 0.269. The lowest BCUT2D eigenvalue weighted by Crippen LogP contribution is -2.02. The summed E-state index contributed by atoms with van der Waals surface area (Å²) in [5.41, 5.74) is 2.04. The molecule has 4 nitrogen and oxygen atoms in total. The third kappa shape index (κ3) is 2.19. The summed E-state index contributed by atoms with van der Waals surface area (Å²) in [7, 11) is 0. The SMILES string of the molecule is Cc1csc2c(NCc3nccs3)nc(Cl)nc12. The Labute approximate surface area is 117 Å². The third-order valence-electron chi connectivity index (χ3n) is 2.46. The molecule has 0 aliphatic heterocycles. The summed E-state index contributed by atoms with van der Waals surface area (Å²) in [5.74, 6) is 0.776. The fourth-order valence-corrected chi connectivity index (χ4v) is 3.30. The van der Waals surface area contributed by atoms with Crippen LogP contribution >= 0.6 is 34.3 Å². The average molecular weight is 297 g/mol. The number of fused-ring (bicyclic) bond motifs is 1. The van der Waals surface area contributed by atoms with E-state index in [1.807, 2.05) is 12.3 Å². The molecule has 3 rings (SSSR count). The molecule has 7 heteroatoms. The van der Waals surface area contributed by atoms with Gasteiger partial charge in [0.2, 0.25) is 5.28 Å². The standard InChI is InChI=1S/C11H9ClN4S2/c1-6-5-18-9-8(6)15-11(12)16-10(9)14-4-7-13-2-3-17-7/h2-3,5H,4H2,1H3,(H,14,15,16). The van der Waals surface area contributed by atoms with Crippen LogP contribution in [0.3, 0.4) is 0 Å². The van der Waals surface area contributed by atoms with Crippen LogP contribution in [0, 0.1) is 6.92 Å². The zero-order valence-corrected chi connectivity index (χ0v) is 11.9. The number of thiazole rings is 1. The van der Waals surface area contributed by atoms with Gasteiger partial charge in [-0.15, -0.1) is 22.7 Å². The minimum atomic E-state index is 0.269. The van der Waals surface area contributed by atoms with Gasteiger partial charge in [0, 0.05) is 11.6 Å². The van der Waals surface area contributed by atoms with E-state index in [4.69, 9.17) is 11.6 Å². The minimum Gasteiger partial charge on any atom is -0.362 e. The van der Waals surface area contributed by atoms with Crippen LogP contribution in [0.5, 0.6) is 0 Å². The van der Waals surface area contributed by atoms with Gasteiger partial charge in [0.15, 0.2) is 0 Å². The number of aromatic nitrogens is 3. The number of aryl methyl sites for hydroxylation is 1. The molecular formula is C11H9ClN4S2. The highest BCUT2D eigenvalue weighted by molar-refractivity contribution is 7.18. The highest BCUT2D eigenvalue weighted by Gasteiger charge is 2.10. The second-order valence-corrected chi connectivity index (χ2v) is 5.91. The number of nitrogens with zero attached hydrogens (tertiary/aromatic N) is 3. The zero-order valence-electron chi connectivity index (χ0n) is 9.48. The lowest BCUT2D eigenvalue weighted by Gasteiger charge is -2.05. The van der Waals surface area contributed by atoms with Crippen molar-refractivity contribution in [3.63, 3.8) is 0 Å². The van der Waals surface area contributed by atoms with E-state index in [2.05, 4.69) is 25.6 Å². The van der Waals surface area contributed by atoms with Crippen molar-refractivity contribution in [2.75, 3.05) is 5.32 Å². The molecule has 3 aromatic heterocycles. The van der Waals surface area contributed by atoms with Gasteiger partial charge in [-0.2, -0.15) is 4.98 Å². The second kappa shape index (κ2) is 4.79. The van der Waals surface area contributed by atoms with E-state index >= 15 is 0 Å². The van der Waals surface area contributed by atoms with E-state index < -0.39 is 0 Å². The zero-order chi connectivity index (χ0) is 12.5. The first kappa shape index (κ1) is 11.8. The van der Waals surface area contributed by atoms with E-state index in [9.17, 15) is 0 Å². The van der Waals surface area contributed by atoms with Crippen molar-refractivity contribution >= 4 is 50.3 Å². The summed E-state index contributed by atoms with van der Waals surface area (Å²) in [5, 5.41) is 8.57. The number of thiophene rings is 1. The van der Waals surface area contributed by atoms with E-state index in [1.54, 1.807) is 28.9 Å². The topological polar surface area (TPSA) is 50.7 Å². The van der Waals surface area contributed by atoms with Gasteiger partial charge >= 0.3 is 0 Å². The smallest absolute Gasteiger partial charge is 0.224 e. The molecule has 0 aromatic carbocycles. The quantitative estimate of drug-likeness (QED) is 0.748. The summed E-state index contributed by atoms with van der Waals surface area (Å²) < 4.78 is 1.04. The van der Waals surface area contributed by atoms with Crippen molar-refractivity contribution in [1.82, 2.24) is 15.0 Å². The maximum absolute atomic E-state index is 5.94. The monoisotopic (exact) mass is 296 g/mol. The van der Waals surface area contributed by atoms with Gasteiger partial charge in [0.05, 0.1) is 16.8 Å². The predicted molar refractivity (Wildman–Crippen MR) is 76.6 cm³/mol. The number of hydrogen-bond donors (Lipinski definition) is 1. The molecule has 92 valence electrons. The molecule has 0 aliphatic carbocycles. The van der Waals surface area contributed by atoms with Gasteiger partial charge in [0.1, 0.15) is 10.8 Å². The van der Waals surface area contributed by atoms with Gasteiger partial charge in [-0.1, -0.05) is 0 Å². The molecule has 0 saturated carbocycles. The third-order valence-corrected chi connectivity index (χ3v) is 4.50. The van der Waals surface area contributed by atoms with E-state index in [-0.39, 0.29) is 5.28 Å². The molecule has 0 radical (unpaired) electrons. The molecule has 0 unspecified atom stereocenters. The van der Waals surface area contributed by atoms with Crippen LogP contribution in [0.1, 0.15) is 10.6 Å². The van der Waals surface area contributed by atoms with Gasteiger partial charge in [0.25, 0.3) is 0 Å². The normalized spacial score (nSPS) is 11.0. The van der Waals surface area contributed by atoms with E-state index in [0.29, 0.717) is 6.54 Å². The Hall–Kier alpha value is -1.24. The predicted octanol–water partition coefficient (Wildman–Crippen LogP) is 3.72. The number of hydrogen-bond acceptors (Lipinski definition) is 6. The number of rotatable bonds is 3. The van der Waals surface area contributed by atoms with Gasteiger partial charge < -0.3 is 5.32 Å². The van der Waals surface area contributed by atoms with Crippen LogP contribution in [-0.2, 0) is 6.54 Å². The Balaban J connectivity index is 1.95. The van der Waals surface area contributed by atoms with Crippen LogP contribution in [-0.4, -0.2) is 15.0 Å². The van der Waals surface area contributed by atoms with Crippen molar-refractivity contribution in [2.45, 2.75) is 13.5 Å². The highest BCUT2D eigenvalue weighted by atomic mass is 35.5. The van der Waals surface area contributed by atoms with Crippen LogP contribution in [0.4, 0.5) is 5.82 Å². The maximum atomic E-state index is 5.94. The fourth-order valence-electron chi connectivity index (χ4n) is 1.62. The van der Waals surface area contributed by atoms with Gasteiger partial charge in [-0.3, -0.25) is 0 Å². The van der Waals surface area contributed by atoms with Crippen LogP contribution in [0.2, 0.25) is 5.28 Å². The van der Waals surface area contributed by atoms with E-state index in [1.165, 1.54) is 0 Å². The molecule has 3 aromatic rings. The number of anilines is 1. The van der Waals surface area contributed by atoms with E-state index in [0.717, 1.165) is 26.6 Å². The van der Waals surface area contributed by atoms with Crippen LogP contribution < -0.4 is 5.32 Å². The van der Waals surface area contributed by atoms with Crippen LogP contribution in [0.25, 0.3) is 10.2 Å². The van der Waals surface area contributed by atoms with Crippen molar-refractivity contribution in [2.24, 2.45) is 0 Å². The molecule has 0 atom stereocenters. The Morgan fingerprint density at radius 3 is 3.00 bits per heavy atom. The molecule has 18 heavy (non-hydrogen) atoms.